The molecule has 0 aliphatic heterocycles. The van der Waals surface area contributed by atoms with Gasteiger partial charge in [0.05, 0.1) is 5.75 Å². The lowest BCUT2D eigenvalue weighted by Gasteiger charge is -2.23. The lowest BCUT2D eigenvalue weighted by molar-refractivity contribution is 0.329. The van der Waals surface area contributed by atoms with Crippen molar-refractivity contribution in [3.05, 3.63) is 30.1 Å². The van der Waals surface area contributed by atoms with Crippen molar-refractivity contribution in [2.75, 3.05) is 32.9 Å². The average Bonchev–Trinajstić information content (AvgIpc) is 2.35. The first-order chi connectivity index (χ1) is 8.95. The molecule has 1 heterocycles. The molecule has 1 aromatic rings. The van der Waals surface area contributed by atoms with Crippen LogP contribution >= 0.6 is 0 Å². The molecule has 0 radical (unpaired) electrons. The van der Waals surface area contributed by atoms with Crippen molar-refractivity contribution in [3.8, 4) is 0 Å². The smallest absolute Gasteiger partial charge is 0.214 e. The third-order valence-corrected chi connectivity index (χ3v) is 4.76. The van der Waals surface area contributed by atoms with Crippen LogP contribution < -0.4 is 0 Å². The minimum absolute atomic E-state index is 0.195. The summed E-state index contributed by atoms with van der Waals surface area (Å²) in [6, 6.07) is 3.73. The monoisotopic (exact) mass is 285 g/mol. The summed E-state index contributed by atoms with van der Waals surface area (Å²) in [5.41, 5.74) is 0.918. The SMILES string of the molecule is CCCS(=O)(=O)N(CCN(C)C)Cc1cccnc1. The van der Waals surface area contributed by atoms with Gasteiger partial charge in [-0.05, 0) is 32.1 Å². The normalized spacial score (nSPS) is 12.3. The standard InChI is InChI=1S/C13H23N3O2S/c1-4-10-19(17,18)16(9-8-15(2)3)12-13-6-5-7-14-11-13/h5-7,11H,4,8-10,12H2,1-3H3. The van der Waals surface area contributed by atoms with Crippen LogP contribution in [0.5, 0.6) is 0 Å². The molecule has 0 aromatic carbocycles. The zero-order chi connectivity index (χ0) is 14.3. The van der Waals surface area contributed by atoms with Crippen LogP contribution in [0.15, 0.2) is 24.5 Å². The van der Waals surface area contributed by atoms with E-state index >= 15 is 0 Å². The summed E-state index contributed by atoms with van der Waals surface area (Å²) in [4.78, 5) is 6.01. The highest BCUT2D eigenvalue weighted by Gasteiger charge is 2.21. The second kappa shape index (κ2) is 7.57. The highest BCUT2D eigenvalue weighted by molar-refractivity contribution is 7.89. The van der Waals surface area contributed by atoms with Gasteiger partial charge in [0.25, 0.3) is 0 Å². The predicted octanol–water partition coefficient (Wildman–Crippen LogP) is 1.18. The molecule has 1 rings (SSSR count). The summed E-state index contributed by atoms with van der Waals surface area (Å²) in [5, 5.41) is 0. The molecule has 0 spiro atoms. The molecule has 0 atom stereocenters. The Morgan fingerprint density at radius 1 is 1.26 bits per heavy atom. The lowest BCUT2D eigenvalue weighted by atomic mass is 10.3. The van der Waals surface area contributed by atoms with E-state index in [4.69, 9.17) is 0 Å². The number of nitrogens with zero attached hydrogens (tertiary/aromatic N) is 3. The summed E-state index contributed by atoms with van der Waals surface area (Å²) >= 11 is 0. The Hall–Kier alpha value is -0.980. The number of likely N-dealkylation sites (N-methyl/N-ethyl adjacent to an activating group) is 1. The largest absolute Gasteiger partial charge is 0.308 e. The molecule has 108 valence electrons. The maximum atomic E-state index is 12.2. The molecule has 0 saturated carbocycles. The van der Waals surface area contributed by atoms with Gasteiger partial charge in [0.15, 0.2) is 0 Å². The van der Waals surface area contributed by atoms with Crippen LogP contribution in [0, 0.1) is 0 Å². The van der Waals surface area contributed by atoms with Crippen LogP contribution in [0.1, 0.15) is 18.9 Å². The first-order valence-corrected chi connectivity index (χ1v) is 8.08. The van der Waals surface area contributed by atoms with E-state index in [1.807, 2.05) is 38.1 Å². The molecule has 0 aliphatic carbocycles. The van der Waals surface area contributed by atoms with Crippen molar-refractivity contribution in [1.29, 1.82) is 0 Å². The fourth-order valence-corrected chi connectivity index (χ4v) is 3.19. The van der Waals surface area contributed by atoms with Crippen LogP contribution in [0.2, 0.25) is 0 Å². The van der Waals surface area contributed by atoms with Crippen LogP contribution in [-0.4, -0.2) is 55.5 Å². The first-order valence-electron chi connectivity index (χ1n) is 6.47. The number of hydrogen-bond donors (Lipinski definition) is 0. The topological polar surface area (TPSA) is 53.5 Å². The van der Waals surface area contributed by atoms with Gasteiger partial charge in [-0.25, -0.2) is 8.42 Å². The minimum Gasteiger partial charge on any atom is -0.308 e. The third-order valence-electron chi connectivity index (χ3n) is 2.73. The van der Waals surface area contributed by atoms with E-state index in [9.17, 15) is 8.42 Å². The Morgan fingerprint density at radius 3 is 2.53 bits per heavy atom. The quantitative estimate of drug-likeness (QED) is 0.720. The van der Waals surface area contributed by atoms with Crippen molar-refractivity contribution in [1.82, 2.24) is 14.2 Å². The van der Waals surface area contributed by atoms with Crippen LogP contribution in [0.25, 0.3) is 0 Å². The van der Waals surface area contributed by atoms with E-state index in [0.717, 1.165) is 5.56 Å². The molecular formula is C13H23N3O2S. The fourth-order valence-electron chi connectivity index (χ4n) is 1.71. The highest BCUT2D eigenvalue weighted by Crippen LogP contribution is 2.10. The summed E-state index contributed by atoms with van der Waals surface area (Å²) in [5.74, 6) is 0.195. The van der Waals surface area contributed by atoms with E-state index in [2.05, 4.69) is 4.98 Å². The summed E-state index contributed by atoms with van der Waals surface area (Å²) in [7, 11) is 0.691. The Labute approximate surface area is 116 Å². The molecule has 0 aliphatic rings. The van der Waals surface area contributed by atoms with E-state index in [0.29, 0.717) is 26.1 Å². The average molecular weight is 285 g/mol. The van der Waals surface area contributed by atoms with Crippen LogP contribution in [0.3, 0.4) is 0 Å². The highest BCUT2D eigenvalue weighted by atomic mass is 32.2. The molecule has 1 aromatic heterocycles. The number of sulfonamides is 1. The summed E-state index contributed by atoms with van der Waals surface area (Å²) in [6.45, 7) is 3.49. The lowest BCUT2D eigenvalue weighted by Crippen LogP contribution is -2.37. The van der Waals surface area contributed by atoms with Gasteiger partial charge in [0.1, 0.15) is 0 Å². The van der Waals surface area contributed by atoms with Crippen molar-refractivity contribution >= 4 is 10.0 Å². The zero-order valence-corrected chi connectivity index (χ0v) is 12.7. The summed E-state index contributed by atoms with van der Waals surface area (Å²) < 4.78 is 26.0. The zero-order valence-electron chi connectivity index (χ0n) is 11.9. The Kier molecular flexibility index (Phi) is 6.41. The maximum Gasteiger partial charge on any atom is 0.214 e. The van der Waals surface area contributed by atoms with Gasteiger partial charge in [-0.2, -0.15) is 4.31 Å². The Bertz CT molecular complexity index is 460. The van der Waals surface area contributed by atoms with Gasteiger partial charge in [0, 0.05) is 32.0 Å². The number of rotatable bonds is 8. The first kappa shape index (κ1) is 16.1. The van der Waals surface area contributed by atoms with Gasteiger partial charge in [-0.3, -0.25) is 4.98 Å². The van der Waals surface area contributed by atoms with Gasteiger partial charge in [-0.1, -0.05) is 13.0 Å². The van der Waals surface area contributed by atoms with Gasteiger partial charge >= 0.3 is 0 Å². The van der Waals surface area contributed by atoms with Gasteiger partial charge in [-0.15, -0.1) is 0 Å². The molecule has 5 nitrogen and oxygen atoms in total. The molecule has 0 fully saturated rings. The van der Waals surface area contributed by atoms with Gasteiger partial charge < -0.3 is 4.90 Å². The molecule has 0 N–H and O–H groups in total. The predicted molar refractivity (Wildman–Crippen MR) is 77.3 cm³/mol. The molecule has 0 saturated heterocycles. The maximum absolute atomic E-state index is 12.2. The van der Waals surface area contributed by atoms with Crippen molar-refractivity contribution < 1.29 is 8.42 Å². The molecule has 0 bridgehead atoms. The second-order valence-electron chi connectivity index (χ2n) is 4.81. The van der Waals surface area contributed by atoms with Crippen molar-refractivity contribution in [3.63, 3.8) is 0 Å². The van der Waals surface area contributed by atoms with E-state index < -0.39 is 10.0 Å². The molecular weight excluding hydrogens is 262 g/mol. The third kappa shape index (κ3) is 5.67. The minimum atomic E-state index is -3.19. The molecule has 0 unspecified atom stereocenters. The van der Waals surface area contributed by atoms with Crippen molar-refractivity contribution in [2.45, 2.75) is 19.9 Å². The van der Waals surface area contributed by atoms with Crippen molar-refractivity contribution in [2.24, 2.45) is 0 Å². The Balaban J connectivity index is 2.80. The van der Waals surface area contributed by atoms with Gasteiger partial charge in [0.2, 0.25) is 10.0 Å². The second-order valence-corrected chi connectivity index (χ2v) is 6.90. The van der Waals surface area contributed by atoms with E-state index in [-0.39, 0.29) is 5.75 Å². The molecule has 0 amide bonds. The molecule has 19 heavy (non-hydrogen) atoms. The van der Waals surface area contributed by atoms with Crippen LogP contribution in [-0.2, 0) is 16.6 Å². The number of aromatic nitrogens is 1. The number of pyridine rings is 1. The Morgan fingerprint density at radius 2 is 2.00 bits per heavy atom. The molecule has 6 heteroatoms. The van der Waals surface area contributed by atoms with E-state index in [1.54, 1.807) is 16.7 Å². The fraction of sp³-hybridized carbons (Fsp3) is 0.615. The number of hydrogen-bond acceptors (Lipinski definition) is 4. The van der Waals surface area contributed by atoms with Crippen LogP contribution in [0.4, 0.5) is 0 Å². The summed E-state index contributed by atoms with van der Waals surface area (Å²) in [6.07, 6.45) is 4.03. The van der Waals surface area contributed by atoms with E-state index in [1.165, 1.54) is 0 Å².